The average Bonchev–Trinajstić information content (AvgIpc) is 3.04. The maximum Gasteiger partial charge on any atom is 0.393 e. The molecule has 1 atom stereocenters. The molecule has 1 aromatic carbocycles. The fraction of sp³-hybridized carbons (Fsp3) is 0.375. The second-order valence-corrected chi connectivity index (χ2v) is 5.62. The van der Waals surface area contributed by atoms with Crippen molar-refractivity contribution in [1.29, 1.82) is 0 Å². The number of alkyl halides is 3. The second kappa shape index (κ2) is 6.06. The molecule has 0 bridgehead atoms. The third kappa shape index (κ3) is 3.23. The van der Waals surface area contributed by atoms with Gasteiger partial charge in [-0.3, -0.25) is 9.36 Å². The summed E-state index contributed by atoms with van der Waals surface area (Å²) < 4.78 is 40.3. The summed E-state index contributed by atoms with van der Waals surface area (Å²) in [5.41, 5.74) is 1.02. The van der Waals surface area contributed by atoms with Crippen LogP contribution < -0.4 is 0 Å². The Morgan fingerprint density at radius 1 is 1.22 bits per heavy atom. The van der Waals surface area contributed by atoms with Crippen LogP contribution >= 0.6 is 0 Å². The zero-order valence-electron chi connectivity index (χ0n) is 12.3. The number of hydrogen-bond acceptors (Lipinski definition) is 2. The molecule has 1 amide bonds. The zero-order valence-corrected chi connectivity index (χ0v) is 12.3. The molecule has 0 N–H and O–H groups in total. The number of carbonyl (C=O) groups excluding carboxylic acids is 1. The van der Waals surface area contributed by atoms with Gasteiger partial charge in [-0.05, 0) is 25.0 Å². The summed E-state index contributed by atoms with van der Waals surface area (Å²) in [6.45, 7) is 0.0493. The molecular formula is C16H16F3N3O. The van der Waals surface area contributed by atoms with Crippen LogP contribution in [-0.4, -0.2) is 39.6 Å². The molecule has 1 unspecified atom stereocenters. The number of carbonyl (C=O) groups is 1. The lowest BCUT2D eigenvalue weighted by Gasteiger charge is -2.33. The number of amides is 1. The van der Waals surface area contributed by atoms with Crippen LogP contribution in [-0.2, 0) is 0 Å². The molecule has 0 radical (unpaired) electrons. The Hall–Kier alpha value is -2.31. The summed E-state index contributed by atoms with van der Waals surface area (Å²) in [5.74, 6) is -1.87. The van der Waals surface area contributed by atoms with Gasteiger partial charge in [0.25, 0.3) is 5.91 Å². The molecule has 1 aromatic heterocycles. The van der Waals surface area contributed by atoms with Crippen molar-refractivity contribution in [3.63, 3.8) is 0 Å². The second-order valence-electron chi connectivity index (χ2n) is 5.62. The van der Waals surface area contributed by atoms with Crippen molar-refractivity contribution < 1.29 is 18.0 Å². The van der Waals surface area contributed by atoms with Crippen molar-refractivity contribution in [2.75, 3.05) is 13.1 Å². The minimum Gasteiger partial charge on any atom is -0.337 e. The smallest absolute Gasteiger partial charge is 0.337 e. The SMILES string of the molecule is O=C(c1cncn1-c1ccccc1)N1CCCC(C(F)(F)F)C1. The van der Waals surface area contributed by atoms with Crippen LogP contribution in [0.3, 0.4) is 0 Å². The highest BCUT2D eigenvalue weighted by Gasteiger charge is 2.43. The number of rotatable bonds is 2. The molecule has 4 nitrogen and oxygen atoms in total. The van der Waals surface area contributed by atoms with Crippen LogP contribution in [0.15, 0.2) is 42.9 Å². The van der Waals surface area contributed by atoms with Crippen molar-refractivity contribution in [2.45, 2.75) is 19.0 Å². The predicted octanol–water partition coefficient (Wildman–Crippen LogP) is 3.29. The molecule has 1 fully saturated rings. The molecule has 2 aromatic rings. The van der Waals surface area contributed by atoms with E-state index in [0.717, 1.165) is 5.69 Å². The molecule has 1 aliphatic rings. The van der Waals surface area contributed by atoms with Crippen molar-refractivity contribution in [1.82, 2.24) is 14.5 Å². The summed E-state index contributed by atoms with van der Waals surface area (Å²) in [6.07, 6.45) is -0.945. The van der Waals surface area contributed by atoms with Crippen molar-refractivity contribution in [2.24, 2.45) is 5.92 Å². The fourth-order valence-electron chi connectivity index (χ4n) is 2.84. The lowest BCUT2D eigenvalue weighted by molar-refractivity contribution is -0.184. The quantitative estimate of drug-likeness (QED) is 0.850. The summed E-state index contributed by atoms with van der Waals surface area (Å²) in [7, 11) is 0. The monoisotopic (exact) mass is 323 g/mol. The van der Waals surface area contributed by atoms with Gasteiger partial charge >= 0.3 is 6.18 Å². The number of likely N-dealkylation sites (tertiary alicyclic amines) is 1. The van der Waals surface area contributed by atoms with Gasteiger partial charge in [-0.1, -0.05) is 18.2 Å². The van der Waals surface area contributed by atoms with Crippen LogP contribution in [0.2, 0.25) is 0 Å². The fourth-order valence-corrected chi connectivity index (χ4v) is 2.84. The van der Waals surface area contributed by atoms with Gasteiger partial charge in [0, 0.05) is 18.8 Å². The van der Waals surface area contributed by atoms with Crippen molar-refractivity contribution >= 4 is 5.91 Å². The van der Waals surface area contributed by atoms with E-state index in [1.807, 2.05) is 30.3 Å². The van der Waals surface area contributed by atoms with Gasteiger partial charge in [0.1, 0.15) is 5.69 Å². The molecule has 0 spiro atoms. The van der Waals surface area contributed by atoms with Gasteiger partial charge < -0.3 is 4.90 Å². The number of para-hydroxylation sites is 1. The minimum atomic E-state index is -4.27. The lowest BCUT2D eigenvalue weighted by atomic mass is 9.97. The summed E-state index contributed by atoms with van der Waals surface area (Å²) in [4.78, 5) is 17.9. The highest BCUT2D eigenvalue weighted by Crippen LogP contribution is 2.33. The minimum absolute atomic E-state index is 0.0746. The van der Waals surface area contributed by atoms with E-state index in [1.165, 1.54) is 17.4 Å². The van der Waals surface area contributed by atoms with Gasteiger partial charge in [-0.15, -0.1) is 0 Å². The predicted molar refractivity (Wildman–Crippen MR) is 78.2 cm³/mol. The highest BCUT2D eigenvalue weighted by molar-refractivity contribution is 5.93. The Balaban J connectivity index is 1.83. The number of aromatic nitrogens is 2. The topological polar surface area (TPSA) is 38.1 Å². The Morgan fingerprint density at radius 2 is 1.96 bits per heavy atom. The lowest BCUT2D eigenvalue weighted by Crippen LogP contribution is -2.45. The molecule has 122 valence electrons. The third-order valence-corrected chi connectivity index (χ3v) is 4.06. The molecule has 0 saturated carbocycles. The van der Waals surface area contributed by atoms with E-state index in [4.69, 9.17) is 0 Å². The Bertz CT molecular complexity index is 681. The van der Waals surface area contributed by atoms with Crippen LogP contribution in [0.4, 0.5) is 13.2 Å². The summed E-state index contributed by atoms with van der Waals surface area (Å²) in [5, 5.41) is 0. The maximum atomic E-state index is 12.9. The normalized spacial score (nSPS) is 18.9. The zero-order chi connectivity index (χ0) is 16.4. The van der Waals surface area contributed by atoms with Crippen LogP contribution in [0, 0.1) is 5.92 Å². The van der Waals surface area contributed by atoms with Gasteiger partial charge in [0.05, 0.1) is 18.4 Å². The van der Waals surface area contributed by atoms with Crippen molar-refractivity contribution in [3.8, 4) is 5.69 Å². The first-order chi connectivity index (χ1) is 11.0. The molecule has 1 aliphatic heterocycles. The maximum absolute atomic E-state index is 12.9. The molecule has 2 heterocycles. The molecule has 23 heavy (non-hydrogen) atoms. The first-order valence-corrected chi connectivity index (χ1v) is 7.40. The van der Waals surface area contributed by atoms with Crippen molar-refractivity contribution in [3.05, 3.63) is 48.5 Å². The first kappa shape index (κ1) is 15.6. The third-order valence-electron chi connectivity index (χ3n) is 4.06. The first-order valence-electron chi connectivity index (χ1n) is 7.40. The molecule has 0 aliphatic carbocycles. The van der Waals surface area contributed by atoms with E-state index in [-0.39, 0.29) is 18.7 Å². The molecular weight excluding hydrogens is 307 g/mol. The van der Waals surface area contributed by atoms with Gasteiger partial charge in [-0.2, -0.15) is 13.2 Å². The van der Waals surface area contributed by atoms with Crippen LogP contribution in [0.5, 0.6) is 0 Å². The van der Waals surface area contributed by atoms with Gasteiger partial charge in [0.15, 0.2) is 0 Å². The Kier molecular flexibility index (Phi) is 4.11. The van der Waals surface area contributed by atoms with Crippen LogP contribution in [0.1, 0.15) is 23.3 Å². The Labute approximate surface area is 131 Å². The number of benzene rings is 1. The standard InChI is InChI=1S/C16H16F3N3O/c17-16(18,19)12-5-4-8-21(10-12)15(23)14-9-20-11-22(14)13-6-2-1-3-7-13/h1-3,6-7,9,11-12H,4-5,8,10H2. The van der Waals surface area contributed by atoms with Gasteiger partial charge in [0.2, 0.25) is 0 Å². The van der Waals surface area contributed by atoms with E-state index < -0.39 is 18.0 Å². The van der Waals surface area contributed by atoms with Crippen LogP contribution in [0.25, 0.3) is 5.69 Å². The molecule has 1 saturated heterocycles. The number of halogens is 3. The Morgan fingerprint density at radius 3 is 2.65 bits per heavy atom. The van der Waals surface area contributed by atoms with E-state index in [9.17, 15) is 18.0 Å². The molecule has 3 rings (SSSR count). The summed E-state index contributed by atoms with van der Waals surface area (Å²) >= 11 is 0. The summed E-state index contributed by atoms with van der Waals surface area (Å²) in [6, 6.07) is 9.12. The number of piperidine rings is 1. The van der Waals surface area contributed by atoms with E-state index in [1.54, 1.807) is 4.57 Å². The average molecular weight is 323 g/mol. The largest absolute Gasteiger partial charge is 0.393 e. The number of imidazole rings is 1. The molecule has 7 heteroatoms. The van der Waals surface area contributed by atoms with E-state index in [2.05, 4.69) is 4.98 Å². The van der Waals surface area contributed by atoms with Gasteiger partial charge in [-0.25, -0.2) is 4.98 Å². The highest BCUT2D eigenvalue weighted by atomic mass is 19.4. The van der Waals surface area contributed by atoms with E-state index in [0.29, 0.717) is 13.0 Å². The number of nitrogens with zero attached hydrogens (tertiary/aromatic N) is 3. The number of hydrogen-bond donors (Lipinski definition) is 0. The van der Waals surface area contributed by atoms with E-state index >= 15 is 0 Å².